The summed E-state index contributed by atoms with van der Waals surface area (Å²) in [4.78, 5) is 29.8. The van der Waals surface area contributed by atoms with Crippen LogP contribution in [0, 0.1) is 5.41 Å². The molecular weight excluding hydrogens is 320 g/mol. The maximum absolute atomic E-state index is 12.7. The van der Waals surface area contributed by atoms with E-state index in [1.54, 1.807) is 31.2 Å². The molecule has 0 bridgehead atoms. The fourth-order valence-electron chi connectivity index (χ4n) is 2.99. The van der Waals surface area contributed by atoms with Crippen molar-refractivity contribution in [2.24, 2.45) is 5.41 Å². The minimum Gasteiger partial charge on any atom is -0.497 e. The van der Waals surface area contributed by atoms with E-state index < -0.39 is 11.4 Å². The van der Waals surface area contributed by atoms with Gasteiger partial charge < -0.3 is 14.7 Å². The second kappa shape index (κ2) is 6.55. The lowest BCUT2D eigenvalue weighted by molar-refractivity contribution is -0.147. The van der Waals surface area contributed by atoms with E-state index in [0.29, 0.717) is 18.5 Å². The monoisotopic (exact) mass is 340 g/mol. The van der Waals surface area contributed by atoms with E-state index in [-0.39, 0.29) is 12.5 Å². The van der Waals surface area contributed by atoms with E-state index in [1.165, 1.54) is 6.20 Å². The molecule has 0 saturated carbocycles. The Bertz CT molecular complexity index is 803. The number of hydrogen-bond donors (Lipinski definition) is 1. The second-order valence-corrected chi connectivity index (χ2v) is 6.53. The Balaban J connectivity index is 1.81. The third-order valence-corrected chi connectivity index (χ3v) is 4.69. The van der Waals surface area contributed by atoms with Crippen molar-refractivity contribution in [1.29, 1.82) is 0 Å². The molecule has 6 heteroatoms. The standard InChI is InChI=1S/C19H20N2O4/c1-19(18(23)24)7-8-21(12-19)17(22)15-9-14(10-20-11-15)13-3-5-16(25-2)6-4-13/h3-6,9-11H,7-8,12H2,1-2H3,(H,23,24)/t19-/m1/s1. The van der Waals surface area contributed by atoms with Crippen molar-refractivity contribution >= 4 is 11.9 Å². The van der Waals surface area contributed by atoms with Gasteiger partial charge in [-0.05, 0) is 37.1 Å². The van der Waals surface area contributed by atoms with Crippen LogP contribution in [0.3, 0.4) is 0 Å². The smallest absolute Gasteiger partial charge is 0.311 e. The van der Waals surface area contributed by atoms with Crippen LogP contribution in [0.5, 0.6) is 5.75 Å². The number of ether oxygens (including phenoxy) is 1. The van der Waals surface area contributed by atoms with Crippen LogP contribution in [0.2, 0.25) is 0 Å². The zero-order valence-corrected chi connectivity index (χ0v) is 14.2. The predicted molar refractivity (Wildman–Crippen MR) is 92.5 cm³/mol. The molecule has 1 amide bonds. The largest absolute Gasteiger partial charge is 0.497 e. The molecule has 1 fully saturated rings. The number of rotatable bonds is 4. The number of methoxy groups -OCH3 is 1. The number of amides is 1. The van der Waals surface area contributed by atoms with Crippen LogP contribution in [0.25, 0.3) is 11.1 Å². The van der Waals surface area contributed by atoms with Gasteiger partial charge in [0.05, 0.1) is 18.1 Å². The number of carbonyl (C=O) groups excluding carboxylic acids is 1. The van der Waals surface area contributed by atoms with Crippen LogP contribution in [-0.2, 0) is 4.79 Å². The molecule has 1 N–H and O–H groups in total. The average molecular weight is 340 g/mol. The minimum atomic E-state index is -0.878. The molecular formula is C19H20N2O4. The van der Waals surface area contributed by atoms with E-state index in [1.807, 2.05) is 24.3 Å². The number of aliphatic carboxylic acids is 1. The first-order valence-electron chi connectivity index (χ1n) is 8.05. The quantitative estimate of drug-likeness (QED) is 0.926. The summed E-state index contributed by atoms with van der Waals surface area (Å²) >= 11 is 0. The molecule has 0 unspecified atom stereocenters. The normalized spacial score (nSPS) is 19.7. The number of benzene rings is 1. The molecule has 1 aliphatic heterocycles. The Morgan fingerprint density at radius 3 is 2.52 bits per heavy atom. The number of carboxylic acids is 1. The summed E-state index contributed by atoms with van der Waals surface area (Å²) in [5.74, 6) is -0.297. The van der Waals surface area contributed by atoms with E-state index in [2.05, 4.69) is 4.98 Å². The van der Waals surface area contributed by atoms with E-state index in [4.69, 9.17) is 4.74 Å². The lowest BCUT2D eigenvalue weighted by Gasteiger charge is -2.20. The van der Waals surface area contributed by atoms with Crippen molar-refractivity contribution in [3.05, 3.63) is 48.3 Å². The fourth-order valence-corrected chi connectivity index (χ4v) is 2.99. The maximum atomic E-state index is 12.7. The van der Waals surface area contributed by atoms with Crippen LogP contribution in [0.1, 0.15) is 23.7 Å². The van der Waals surface area contributed by atoms with Crippen molar-refractivity contribution < 1.29 is 19.4 Å². The van der Waals surface area contributed by atoms with Crippen molar-refractivity contribution in [3.63, 3.8) is 0 Å². The molecule has 2 aromatic rings. The Kier molecular flexibility index (Phi) is 4.44. The Morgan fingerprint density at radius 1 is 1.20 bits per heavy atom. The van der Waals surface area contributed by atoms with Crippen LogP contribution in [0.15, 0.2) is 42.7 Å². The van der Waals surface area contributed by atoms with E-state index in [0.717, 1.165) is 16.9 Å². The first-order valence-corrected chi connectivity index (χ1v) is 8.05. The molecule has 130 valence electrons. The summed E-state index contributed by atoms with van der Waals surface area (Å²) < 4.78 is 5.15. The third-order valence-electron chi connectivity index (χ3n) is 4.69. The van der Waals surface area contributed by atoms with Gasteiger partial charge in [0.25, 0.3) is 5.91 Å². The zero-order chi connectivity index (χ0) is 18.0. The molecule has 1 aliphatic rings. The SMILES string of the molecule is COc1ccc(-c2cncc(C(=O)N3CC[C@@](C)(C(=O)O)C3)c2)cc1. The van der Waals surface area contributed by atoms with Crippen molar-refractivity contribution in [3.8, 4) is 16.9 Å². The van der Waals surface area contributed by atoms with Crippen LogP contribution in [-0.4, -0.2) is 47.1 Å². The number of pyridine rings is 1. The average Bonchev–Trinajstić information content (AvgIpc) is 3.05. The van der Waals surface area contributed by atoms with Gasteiger partial charge in [0.1, 0.15) is 5.75 Å². The van der Waals surface area contributed by atoms with Gasteiger partial charge in [-0.25, -0.2) is 0 Å². The summed E-state index contributed by atoms with van der Waals surface area (Å²) in [6, 6.07) is 9.29. The molecule has 25 heavy (non-hydrogen) atoms. The number of hydrogen-bond acceptors (Lipinski definition) is 4. The highest BCUT2D eigenvalue weighted by molar-refractivity contribution is 5.95. The summed E-state index contributed by atoms with van der Waals surface area (Å²) in [5.41, 5.74) is 1.34. The van der Waals surface area contributed by atoms with Gasteiger partial charge in [0.15, 0.2) is 0 Å². The van der Waals surface area contributed by atoms with Crippen molar-refractivity contribution in [2.75, 3.05) is 20.2 Å². The Morgan fingerprint density at radius 2 is 1.92 bits per heavy atom. The second-order valence-electron chi connectivity index (χ2n) is 6.53. The summed E-state index contributed by atoms with van der Waals surface area (Å²) in [5, 5.41) is 9.32. The van der Waals surface area contributed by atoms with Gasteiger partial charge in [0, 0.05) is 31.0 Å². The highest BCUT2D eigenvalue weighted by atomic mass is 16.5. The summed E-state index contributed by atoms with van der Waals surface area (Å²) in [6.45, 7) is 2.33. The zero-order valence-electron chi connectivity index (χ0n) is 14.2. The minimum absolute atomic E-state index is 0.187. The molecule has 0 spiro atoms. The van der Waals surface area contributed by atoms with Crippen molar-refractivity contribution in [1.82, 2.24) is 9.88 Å². The highest BCUT2D eigenvalue weighted by Crippen LogP contribution is 2.31. The van der Waals surface area contributed by atoms with Crippen LogP contribution in [0.4, 0.5) is 0 Å². The molecule has 2 heterocycles. The molecule has 1 aromatic heterocycles. The topological polar surface area (TPSA) is 79.7 Å². The van der Waals surface area contributed by atoms with Crippen molar-refractivity contribution in [2.45, 2.75) is 13.3 Å². The molecule has 1 aromatic carbocycles. The van der Waals surface area contributed by atoms with Crippen LogP contribution < -0.4 is 4.74 Å². The van der Waals surface area contributed by atoms with E-state index in [9.17, 15) is 14.7 Å². The number of carboxylic acid groups (broad SMARTS) is 1. The van der Waals surface area contributed by atoms with Gasteiger partial charge in [-0.1, -0.05) is 12.1 Å². The number of aromatic nitrogens is 1. The predicted octanol–water partition coefficient (Wildman–Crippen LogP) is 2.69. The maximum Gasteiger partial charge on any atom is 0.311 e. The summed E-state index contributed by atoms with van der Waals surface area (Å²) in [7, 11) is 1.61. The van der Waals surface area contributed by atoms with Gasteiger partial charge in [-0.15, -0.1) is 0 Å². The Hall–Kier alpha value is -2.89. The fraction of sp³-hybridized carbons (Fsp3) is 0.316. The number of nitrogens with zero attached hydrogens (tertiary/aromatic N) is 2. The molecule has 1 saturated heterocycles. The van der Waals surface area contributed by atoms with Gasteiger partial charge in [-0.2, -0.15) is 0 Å². The Labute approximate surface area is 146 Å². The molecule has 0 radical (unpaired) electrons. The molecule has 3 rings (SSSR count). The highest BCUT2D eigenvalue weighted by Gasteiger charge is 2.42. The summed E-state index contributed by atoms with van der Waals surface area (Å²) in [6.07, 6.45) is 3.68. The number of carbonyl (C=O) groups is 2. The number of likely N-dealkylation sites (tertiary alicyclic amines) is 1. The molecule has 6 nitrogen and oxygen atoms in total. The molecule has 0 aliphatic carbocycles. The van der Waals surface area contributed by atoms with Gasteiger partial charge in [-0.3, -0.25) is 14.6 Å². The lowest BCUT2D eigenvalue weighted by atomic mass is 9.90. The third kappa shape index (κ3) is 3.33. The van der Waals surface area contributed by atoms with Crippen LogP contribution >= 0.6 is 0 Å². The molecule has 1 atom stereocenters. The first-order chi connectivity index (χ1) is 11.9. The van der Waals surface area contributed by atoms with Gasteiger partial charge >= 0.3 is 5.97 Å². The van der Waals surface area contributed by atoms with Gasteiger partial charge in [0.2, 0.25) is 0 Å². The van der Waals surface area contributed by atoms with E-state index >= 15 is 0 Å². The lowest BCUT2D eigenvalue weighted by Crippen LogP contribution is -2.34. The first kappa shape index (κ1) is 17.0.